The first kappa shape index (κ1) is 13.5. The lowest BCUT2D eigenvalue weighted by atomic mass is 9.88. The Bertz CT molecular complexity index is 324. The van der Waals surface area contributed by atoms with Crippen molar-refractivity contribution in [3.05, 3.63) is 11.6 Å². The van der Waals surface area contributed by atoms with Crippen molar-refractivity contribution in [2.45, 2.75) is 19.8 Å². The summed E-state index contributed by atoms with van der Waals surface area (Å²) in [5.74, 6) is -0.0331. The molecule has 1 fully saturated rings. The predicted octanol–water partition coefficient (Wildman–Crippen LogP) is 1.58. The fourth-order valence-electron chi connectivity index (χ4n) is 2.06. The Labute approximate surface area is 101 Å². The zero-order valence-corrected chi connectivity index (χ0v) is 10.6. The van der Waals surface area contributed by atoms with Crippen LogP contribution < -0.4 is 0 Å². The Balaban J connectivity index is 2.62. The molecule has 0 aromatic rings. The van der Waals surface area contributed by atoms with E-state index in [0.29, 0.717) is 19.5 Å². The lowest BCUT2D eigenvalue weighted by Crippen LogP contribution is -2.40. The van der Waals surface area contributed by atoms with Crippen LogP contribution >= 0.6 is 0 Å². The van der Waals surface area contributed by atoms with Crippen LogP contribution in [0.4, 0.5) is 4.79 Å². The first-order valence-corrected chi connectivity index (χ1v) is 5.67. The number of methoxy groups -OCH3 is 2. The fraction of sp³-hybridized carbons (Fsp3) is 0.667. The van der Waals surface area contributed by atoms with Crippen LogP contribution in [0.5, 0.6) is 0 Å². The van der Waals surface area contributed by atoms with E-state index in [0.717, 1.165) is 12.0 Å². The summed E-state index contributed by atoms with van der Waals surface area (Å²) < 4.78 is 9.36. The summed E-state index contributed by atoms with van der Waals surface area (Å²) in [4.78, 5) is 24.3. The van der Waals surface area contributed by atoms with Crippen LogP contribution in [0.3, 0.4) is 0 Å². The molecule has 96 valence electrons. The number of carbonyl (C=O) groups is 2. The second-order valence-electron chi connectivity index (χ2n) is 4.02. The Morgan fingerprint density at radius 3 is 2.65 bits per heavy atom. The molecule has 17 heavy (non-hydrogen) atoms. The first-order chi connectivity index (χ1) is 8.12. The summed E-state index contributed by atoms with van der Waals surface area (Å²) >= 11 is 0. The van der Waals surface area contributed by atoms with E-state index >= 15 is 0 Å². The van der Waals surface area contributed by atoms with Gasteiger partial charge in [0, 0.05) is 13.1 Å². The van der Waals surface area contributed by atoms with Crippen LogP contribution in [0, 0.1) is 5.92 Å². The van der Waals surface area contributed by atoms with Gasteiger partial charge in [-0.1, -0.05) is 11.6 Å². The van der Waals surface area contributed by atoms with Gasteiger partial charge in [0.15, 0.2) is 0 Å². The number of allylic oxidation sites excluding steroid dienone is 1. The Morgan fingerprint density at radius 1 is 1.41 bits per heavy atom. The van der Waals surface area contributed by atoms with E-state index in [1.807, 2.05) is 13.0 Å². The van der Waals surface area contributed by atoms with Crippen molar-refractivity contribution in [3.63, 3.8) is 0 Å². The summed E-state index contributed by atoms with van der Waals surface area (Å²) in [6.45, 7) is 3.07. The second kappa shape index (κ2) is 6.27. The van der Waals surface area contributed by atoms with Crippen molar-refractivity contribution in [1.82, 2.24) is 4.90 Å². The van der Waals surface area contributed by atoms with Crippen LogP contribution in [0.15, 0.2) is 11.6 Å². The molecule has 0 radical (unpaired) electrons. The number of likely N-dealkylation sites (tertiary alicyclic amines) is 1. The number of hydrogen-bond donors (Lipinski definition) is 0. The number of carbonyl (C=O) groups excluding carboxylic acids is 2. The van der Waals surface area contributed by atoms with Gasteiger partial charge in [-0.05, 0) is 19.3 Å². The minimum atomic E-state index is -0.319. The molecule has 0 unspecified atom stereocenters. The number of hydrogen-bond acceptors (Lipinski definition) is 4. The molecule has 0 aliphatic carbocycles. The summed E-state index contributed by atoms with van der Waals surface area (Å²) in [6.07, 6.45) is 2.79. The molecule has 1 amide bonds. The van der Waals surface area contributed by atoms with Crippen molar-refractivity contribution in [2.75, 3.05) is 27.3 Å². The average Bonchev–Trinajstić information content (AvgIpc) is 2.37. The Kier molecular flexibility index (Phi) is 5.00. The number of nitrogens with zero attached hydrogens (tertiary/aromatic N) is 1. The molecular formula is C12H19NO4. The monoisotopic (exact) mass is 241 g/mol. The summed E-state index contributed by atoms with van der Waals surface area (Å²) in [5, 5.41) is 0. The number of esters is 1. The van der Waals surface area contributed by atoms with Gasteiger partial charge in [-0.3, -0.25) is 4.79 Å². The number of amides is 1. The summed E-state index contributed by atoms with van der Waals surface area (Å²) in [7, 11) is 2.76. The van der Waals surface area contributed by atoms with Crippen LogP contribution in [-0.2, 0) is 14.3 Å². The molecule has 5 nitrogen and oxygen atoms in total. The zero-order chi connectivity index (χ0) is 12.8. The van der Waals surface area contributed by atoms with Gasteiger partial charge >= 0.3 is 12.1 Å². The van der Waals surface area contributed by atoms with Crippen LogP contribution in [0.25, 0.3) is 0 Å². The molecule has 1 atom stereocenters. The van der Waals surface area contributed by atoms with Crippen LogP contribution in [0.1, 0.15) is 19.8 Å². The SMILES string of the molecule is C/C=C1\CN(C(=O)OC)CC[C@@H]1CC(=O)OC. The summed E-state index contributed by atoms with van der Waals surface area (Å²) in [5.41, 5.74) is 1.09. The highest BCUT2D eigenvalue weighted by Crippen LogP contribution is 2.26. The van der Waals surface area contributed by atoms with Crippen molar-refractivity contribution >= 4 is 12.1 Å². The second-order valence-corrected chi connectivity index (χ2v) is 4.02. The van der Waals surface area contributed by atoms with Gasteiger partial charge in [0.25, 0.3) is 0 Å². The van der Waals surface area contributed by atoms with Crippen molar-refractivity contribution in [2.24, 2.45) is 5.92 Å². The van der Waals surface area contributed by atoms with E-state index in [2.05, 4.69) is 9.47 Å². The standard InChI is InChI=1S/C12H19NO4/c1-4-9-8-13(12(15)17-3)6-5-10(9)7-11(14)16-2/h4,10H,5-8H2,1-3H3/b9-4+/t10-/m1/s1. The maximum Gasteiger partial charge on any atom is 0.409 e. The van der Waals surface area contributed by atoms with E-state index in [1.165, 1.54) is 14.2 Å². The summed E-state index contributed by atoms with van der Waals surface area (Å²) in [6, 6.07) is 0. The fourth-order valence-corrected chi connectivity index (χ4v) is 2.06. The minimum Gasteiger partial charge on any atom is -0.469 e. The van der Waals surface area contributed by atoms with E-state index < -0.39 is 0 Å². The molecule has 1 heterocycles. The maximum atomic E-state index is 11.4. The molecule has 0 aromatic carbocycles. The quantitative estimate of drug-likeness (QED) is 0.544. The van der Waals surface area contributed by atoms with Gasteiger partial charge in [-0.15, -0.1) is 0 Å². The highest BCUT2D eigenvalue weighted by atomic mass is 16.5. The highest BCUT2D eigenvalue weighted by molar-refractivity contribution is 5.71. The van der Waals surface area contributed by atoms with Crippen LogP contribution in [-0.4, -0.2) is 44.3 Å². The first-order valence-electron chi connectivity index (χ1n) is 5.67. The lowest BCUT2D eigenvalue weighted by molar-refractivity contribution is -0.141. The Hall–Kier alpha value is -1.52. The minimum absolute atomic E-state index is 0.174. The molecule has 1 saturated heterocycles. The molecule has 0 bridgehead atoms. The molecule has 0 aromatic heterocycles. The normalized spacial score (nSPS) is 22.4. The third-order valence-corrected chi connectivity index (χ3v) is 3.09. The smallest absolute Gasteiger partial charge is 0.409 e. The van der Waals surface area contributed by atoms with Gasteiger partial charge in [-0.25, -0.2) is 4.79 Å². The van der Waals surface area contributed by atoms with E-state index in [4.69, 9.17) is 0 Å². The largest absolute Gasteiger partial charge is 0.469 e. The highest BCUT2D eigenvalue weighted by Gasteiger charge is 2.28. The van der Waals surface area contributed by atoms with Gasteiger partial charge in [0.2, 0.25) is 0 Å². The van der Waals surface area contributed by atoms with Crippen molar-refractivity contribution in [1.29, 1.82) is 0 Å². The predicted molar refractivity (Wildman–Crippen MR) is 62.5 cm³/mol. The molecule has 0 spiro atoms. The average molecular weight is 241 g/mol. The number of ether oxygens (including phenoxy) is 2. The Morgan fingerprint density at radius 2 is 2.12 bits per heavy atom. The van der Waals surface area contributed by atoms with Gasteiger partial charge < -0.3 is 14.4 Å². The lowest BCUT2D eigenvalue weighted by Gasteiger charge is -2.32. The molecule has 1 aliphatic heterocycles. The topological polar surface area (TPSA) is 55.8 Å². The molecule has 1 aliphatic rings. The number of rotatable bonds is 2. The van der Waals surface area contributed by atoms with E-state index in [9.17, 15) is 9.59 Å². The molecule has 5 heteroatoms. The van der Waals surface area contributed by atoms with E-state index in [1.54, 1.807) is 4.90 Å². The maximum absolute atomic E-state index is 11.4. The van der Waals surface area contributed by atoms with Crippen molar-refractivity contribution < 1.29 is 19.1 Å². The van der Waals surface area contributed by atoms with Crippen LogP contribution in [0.2, 0.25) is 0 Å². The van der Waals surface area contributed by atoms with E-state index in [-0.39, 0.29) is 18.0 Å². The molecular weight excluding hydrogens is 222 g/mol. The molecule has 0 N–H and O–H groups in total. The van der Waals surface area contributed by atoms with Gasteiger partial charge in [0.1, 0.15) is 0 Å². The van der Waals surface area contributed by atoms with Gasteiger partial charge in [-0.2, -0.15) is 0 Å². The zero-order valence-electron chi connectivity index (χ0n) is 10.6. The molecule has 1 rings (SSSR count). The van der Waals surface area contributed by atoms with Gasteiger partial charge in [0.05, 0.1) is 20.6 Å². The third kappa shape index (κ3) is 3.47. The van der Waals surface area contributed by atoms with Crippen molar-refractivity contribution in [3.8, 4) is 0 Å². The third-order valence-electron chi connectivity index (χ3n) is 3.09. The number of piperidine rings is 1. The molecule has 0 saturated carbocycles.